The van der Waals surface area contributed by atoms with Crippen LogP contribution in [-0.4, -0.2) is 279 Å². The zero-order valence-corrected chi connectivity index (χ0v) is 43.9. The van der Waals surface area contributed by atoms with Gasteiger partial charge in [-0.05, 0) is 76.0 Å². The third-order valence-electron chi connectivity index (χ3n) is 17.3. The maximum Gasteiger partial charge on any atom is 0.330 e. The number of hydrogen-bond acceptors (Lipinski definition) is 26. The summed E-state index contributed by atoms with van der Waals surface area (Å²) in [5.74, 6) is -3.27. The number of fused-ring (bicyclic) bond motifs is 1. The van der Waals surface area contributed by atoms with Crippen LogP contribution in [0.2, 0.25) is 0 Å². The number of carbonyl (C=O) groups is 2. The predicted octanol–water partition coefficient (Wildman–Crippen LogP) is -5.95. The molecular weight excluding hydrogens is 1060 g/mol. The van der Waals surface area contributed by atoms with Gasteiger partial charge in [0, 0.05) is 38.0 Å². The van der Waals surface area contributed by atoms with Crippen molar-refractivity contribution in [2.45, 2.75) is 236 Å². The summed E-state index contributed by atoms with van der Waals surface area (Å²) < 4.78 is 58.4. The Bertz CT molecular complexity index is 2000. The first kappa shape index (κ1) is 62.5. The molecule has 8 rings (SSSR count). The van der Waals surface area contributed by atoms with Crippen LogP contribution in [0.4, 0.5) is 0 Å². The number of hydrogen-bond donors (Lipinski definition) is 15. The average molecular weight is 1140 g/mol. The topological polar surface area (TPSA) is 433 Å². The van der Waals surface area contributed by atoms with Gasteiger partial charge in [0.05, 0.1) is 61.4 Å². The van der Waals surface area contributed by atoms with Crippen molar-refractivity contribution in [3.63, 3.8) is 0 Å². The van der Waals surface area contributed by atoms with Gasteiger partial charge in [-0.25, -0.2) is 9.59 Å². The van der Waals surface area contributed by atoms with E-state index in [1.54, 1.807) is 6.08 Å². The molecule has 0 bridgehead atoms. The lowest BCUT2D eigenvalue weighted by molar-refractivity contribution is -0.390. The summed E-state index contributed by atoms with van der Waals surface area (Å²) in [7, 11) is 1.48. The fourth-order valence-corrected chi connectivity index (χ4v) is 12.5. The minimum absolute atomic E-state index is 0.00360. The fourth-order valence-electron chi connectivity index (χ4n) is 12.5. The van der Waals surface area contributed by atoms with Gasteiger partial charge < -0.3 is 124 Å². The number of rotatable bonds is 17. The molecule has 16 N–H and O–H groups in total. The first-order valence-corrected chi connectivity index (χ1v) is 27.6. The summed E-state index contributed by atoms with van der Waals surface area (Å²) in [6.45, 7) is -2.10. The van der Waals surface area contributed by atoms with Gasteiger partial charge in [0.25, 0.3) is 0 Å². The number of aliphatic hydroxyl groups excluding tert-OH is 15. The monoisotopic (exact) mass is 1140 g/mol. The fraction of sp³-hybridized carbons (Fsp3) is 0.885. The summed E-state index contributed by atoms with van der Waals surface area (Å²) in [4.78, 5) is 26.0. The van der Waals surface area contributed by atoms with Crippen molar-refractivity contribution in [3.05, 3.63) is 24.3 Å². The molecular formula is C52H83O27+. The highest BCUT2D eigenvalue weighted by molar-refractivity contribution is 5.82. The summed E-state index contributed by atoms with van der Waals surface area (Å²) in [6, 6.07) is 0. The van der Waals surface area contributed by atoms with E-state index < -0.39 is 203 Å². The Balaban J connectivity index is 1.04. The van der Waals surface area contributed by atoms with E-state index in [1.165, 1.54) is 19.3 Å². The van der Waals surface area contributed by atoms with Crippen molar-refractivity contribution in [2.75, 3.05) is 26.9 Å². The minimum Gasteiger partial charge on any atom is -0.460 e. The Hall–Kier alpha value is -2.50. The SMILES string of the molecule is COC1CC(C=CC(=O)OC[C@H]2O[C@@H](O[C@H]3[C@H](OC4CC5C(O[C@@H]6O[C@H](CO)[C@@H](O)[C@H](O)[C@H]6O)CC(O)CC5[OH+]C4C4CCC(O)C(O)C4)O[C@H](COC(=O)C=CC4CCC(O)C(O)C4)[C@@H](O)[C@@H]3O)[C@H](O)[C@@H](O)[C@@H]2O)CCC1O. The van der Waals surface area contributed by atoms with Gasteiger partial charge in [-0.1, -0.05) is 12.2 Å². The zero-order valence-electron chi connectivity index (χ0n) is 43.9. The molecule has 0 radical (unpaired) electrons. The Kier molecular flexibility index (Phi) is 22.1. The van der Waals surface area contributed by atoms with Crippen LogP contribution in [0.25, 0.3) is 0 Å². The molecule has 27 nitrogen and oxygen atoms in total. The highest BCUT2D eigenvalue weighted by Gasteiger charge is 2.58. The third kappa shape index (κ3) is 15.1. The molecule has 0 aromatic heterocycles. The van der Waals surface area contributed by atoms with E-state index in [2.05, 4.69) is 0 Å². The van der Waals surface area contributed by atoms with Gasteiger partial charge in [-0.2, -0.15) is 0 Å². The first-order chi connectivity index (χ1) is 37.6. The Labute approximate surface area is 455 Å². The molecule has 0 aromatic carbocycles. The maximum absolute atomic E-state index is 13.1. The number of ether oxygens (including phenoxy) is 10. The summed E-state index contributed by atoms with van der Waals surface area (Å²) in [5.41, 5.74) is 0. The number of esters is 2. The lowest BCUT2D eigenvalue weighted by Crippen LogP contribution is -2.66. The van der Waals surface area contributed by atoms with Crippen molar-refractivity contribution in [2.24, 2.45) is 23.7 Å². The van der Waals surface area contributed by atoms with E-state index in [-0.39, 0.29) is 50.4 Å². The van der Waals surface area contributed by atoms with E-state index in [9.17, 15) is 86.2 Å². The number of allylic oxidation sites excluding steroid dienone is 2. The molecule has 4 saturated carbocycles. The van der Waals surface area contributed by atoms with E-state index >= 15 is 0 Å². The normalized spacial score (nSPS) is 49.1. The van der Waals surface area contributed by atoms with Crippen LogP contribution in [0, 0.1) is 23.7 Å². The van der Waals surface area contributed by atoms with Gasteiger partial charge in [0.2, 0.25) is 0 Å². The van der Waals surface area contributed by atoms with Gasteiger partial charge in [-0.3, -0.25) is 0 Å². The van der Waals surface area contributed by atoms with Crippen LogP contribution in [0.15, 0.2) is 24.3 Å². The number of aliphatic hydroxyl groups is 17. The van der Waals surface area contributed by atoms with Crippen molar-refractivity contribution in [1.29, 1.82) is 0 Å². The summed E-state index contributed by atoms with van der Waals surface area (Å²) in [6.07, 6.45) is -28.1. The smallest absolute Gasteiger partial charge is 0.330 e. The standard InChI is InChI=1S/C52H82O27/c1-70-33-13-22(3-8-28(33)57)5-11-39(61)71-19-36-41(63)44(66)47(69)51(77-36)79-49-45(67)42(64)37(20-72-38(60)10-4-21-2-7-26(55)29(58)12-21)78-52(49)75-34-17-25-31(73-48(34)23-6-9-27(56)30(59)14-23)15-24(54)16-32(25)74-50-46(68)43(65)40(62)35(18-53)76-50/h4-5,10-11,21-37,40-59,62-69H,2-3,6-9,12-20H2,1H3/p+1/t21?,22?,23?,24?,25?,26?,27?,28?,29?,30?,31?,32?,33?,34?,35-,36-,37-,40-,41-,42-,43+,44+,45+,46-,47-,48?,49-,50-,51+,52-/m1/s1. The molecule has 27 heteroatoms. The van der Waals surface area contributed by atoms with Crippen molar-refractivity contribution < 1.29 is 134 Å². The van der Waals surface area contributed by atoms with Gasteiger partial charge >= 0.3 is 11.9 Å². The van der Waals surface area contributed by atoms with Crippen LogP contribution in [-0.2, 0) is 52.2 Å². The molecule has 8 aliphatic rings. The highest BCUT2D eigenvalue weighted by Crippen LogP contribution is 2.44. The quantitative estimate of drug-likeness (QED) is 0.0366. The largest absolute Gasteiger partial charge is 0.460 e. The molecule has 15 unspecified atom stereocenters. The minimum atomic E-state index is -2.05. The second-order valence-corrected chi connectivity index (χ2v) is 22.7. The second-order valence-electron chi connectivity index (χ2n) is 22.7. The van der Waals surface area contributed by atoms with E-state index in [0.29, 0.717) is 38.5 Å². The van der Waals surface area contributed by atoms with Crippen LogP contribution in [0.1, 0.15) is 77.0 Å². The van der Waals surface area contributed by atoms with Crippen molar-refractivity contribution in [1.82, 2.24) is 0 Å². The average Bonchev–Trinajstić information content (AvgIpc) is 3.43. The predicted molar refractivity (Wildman–Crippen MR) is 262 cm³/mol. The van der Waals surface area contributed by atoms with Crippen LogP contribution in [0.5, 0.6) is 0 Å². The van der Waals surface area contributed by atoms with Gasteiger partial charge in [0.1, 0.15) is 92.6 Å². The Morgan fingerprint density at radius 1 is 0.494 bits per heavy atom. The lowest BCUT2D eigenvalue weighted by atomic mass is 9.72. The van der Waals surface area contributed by atoms with Crippen LogP contribution < -0.4 is 0 Å². The molecule has 30 atom stereocenters. The van der Waals surface area contributed by atoms with Gasteiger partial charge in [-0.15, -0.1) is 0 Å². The van der Waals surface area contributed by atoms with Crippen LogP contribution in [0.3, 0.4) is 0 Å². The van der Waals surface area contributed by atoms with E-state index in [0.717, 1.165) is 6.08 Å². The molecule has 0 amide bonds. The molecule has 4 aliphatic carbocycles. The van der Waals surface area contributed by atoms with E-state index in [4.69, 9.17) is 47.4 Å². The molecule has 0 aromatic rings. The molecule has 4 saturated heterocycles. The third-order valence-corrected chi connectivity index (χ3v) is 17.3. The van der Waals surface area contributed by atoms with Gasteiger partial charge in [0.15, 0.2) is 31.1 Å². The maximum atomic E-state index is 13.1. The summed E-state index contributed by atoms with van der Waals surface area (Å²) >= 11 is 0. The summed E-state index contributed by atoms with van der Waals surface area (Å²) in [5, 5.41) is 162. The molecule has 0 spiro atoms. The number of methoxy groups -OCH3 is 1. The molecule has 4 heterocycles. The van der Waals surface area contributed by atoms with Crippen molar-refractivity contribution in [3.8, 4) is 0 Å². The molecule has 8 fully saturated rings. The molecule has 4 aliphatic heterocycles. The second kappa shape index (κ2) is 27.9. The zero-order chi connectivity index (χ0) is 57.0. The first-order valence-electron chi connectivity index (χ1n) is 27.6. The Morgan fingerprint density at radius 2 is 1.01 bits per heavy atom. The Morgan fingerprint density at radius 3 is 1.61 bits per heavy atom. The molecule has 452 valence electrons. The molecule has 79 heavy (non-hydrogen) atoms. The van der Waals surface area contributed by atoms with Crippen molar-refractivity contribution >= 4 is 11.9 Å². The van der Waals surface area contributed by atoms with E-state index in [1.807, 2.05) is 0 Å². The number of carbonyl (C=O) groups excluding carboxylic acids is 2. The highest BCUT2D eigenvalue weighted by atomic mass is 16.8. The van der Waals surface area contributed by atoms with Crippen LogP contribution >= 0.6 is 0 Å². The lowest BCUT2D eigenvalue weighted by Gasteiger charge is -2.50.